The Kier molecular flexibility index (Phi) is 7.25. The summed E-state index contributed by atoms with van der Waals surface area (Å²) in [6.45, 7) is 6.03. The van der Waals surface area contributed by atoms with Crippen molar-refractivity contribution in [3.05, 3.63) is 47.5 Å². The zero-order valence-electron chi connectivity index (χ0n) is 21.1. The van der Waals surface area contributed by atoms with Crippen molar-refractivity contribution in [3.8, 4) is 17.0 Å². The molecule has 2 fully saturated rings. The summed E-state index contributed by atoms with van der Waals surface area (Å²) >= 11 is 0. The second-order valence-corrected chi connectivity index (χ2v) is 9.92. The fourth-order valence-electron chi connectivity index (χ4n) is 5.30. The van der Waals surface area contributed by atoms with E-state index in [-0.39, 0.29) is 12.8 Å². The van der Waals surface area contributed by atoms with Gasteiger partial charge in [-0.1, -0.05) is 6.07 Å². The van der Waals surface area contributed by atoms with E-state index in [4.69, 9.17) is 24.0 Å². The monoisotopic (exact) mass is 506 g/mol. The van der Waals surface area contributed by atoms with Crippen molar-refractivity contribution in [2.45, 2.75) is 45.1 Å². The van der Waals surface area contributed by atoms with Crippen molar-refractivity contribution < 1.29 is 23.7 Å². The van der Waals surface area contributed by atoms with E-state index in [0.29, 0.717) is 19.6 Å². The van der Waals surface area contributed by atoms with Crippen molar-refractivity contribution in [2.75, 3.05) is 46.1 Å². The van der Waals surface area contributed by atoms with Crippen LogP contribution in [0.25, 0.3) is 22.2 Å². The molecule has 1 atom stereocenters. The minimum atomic E-state index is -0.420. The molecule has 1 unspecified atom stereocenters. The van der Waals surface area contributed by atoms with Crippen LogP contribution in [-0.4, -0.2) is 66.8 Å². The molecular formula is C28H34N4O5. The average Bonchev–Trinajstić information content (AvgIpc) is 3.31. The molecule has 0 saturated carbocycles. The maximum absolute atomic E-state index is 12.3. The summed E-state index contributed by atoms with van der Waals surface area (Å²) in [5, 5.41) is 8.97. The van der Waals surface area contributed by atoms with E-state index in [1.54, 1.807) is 0 Å². The number of nitrogens with zero attached hydrogens (tertiary/aromatic N) is 3. The lowest BCUT2D eigenvalue weighted by Gasteiger charge is -2.27. The largest absolute Gasteiger partial charge is 0.494 e. The van der Waals surface area contributed by atoms with Crippen molar-refractivity contribution in [2.24, 2.45) is 0 Å². The summed E-state index contributed by atoms with van der Waals surface area (Å²) in [6, 6.07) is 12.6. The lowest BCUT2D eigenvalue weighted by Crippen LogP contribution is -2.35. The maximum atomic E-state index is 12.3. The average molecular weight is 507 g/mol. The number of rotatable bonds is 3. The number of ether oxygens (including phenoxy) is 4. The van der Waals surface area contributed by atoms with Crippen LogP contribution in [0.1, 0.15) is 43.0 Å². The number of hydrogen-bond acceptors (Lipinski definition) is 7. The summed E-state index contributed by atoms with van der Waals surface area (Å²) < 4.78 is 25.3. The van der Waals surface area contributed by atoms with Crippen LogP contribution in [0.5, 0.6) is 5.75 Å². The van der Waals surface area contributed by atoms with Gasteiger partial charge in [0.25, 0.3) is 0 Å². The number of cyclic esters (lactones) is 1. The highest BCUT2D eigenvalue weighted by Gasteiger charge is 2.23. The van der Waals surface area contributed by atoms with E-state index in [1.165, 1.54) is 0 Å². The third-order valence-electron chi connectivity index (χ3n) is 7.17. The molecule has 196 valence electrons. The Morgan fingerprint density at radius 1 is 0.973 bits per heavy atom. The molecule has 6 rings (SSSR count). The lowest BCUT2D eigenvalue weighted by molar-refractivity contribution is -0.0365. The van der Waals surface area contributed by atoms with Crippen molar-refractivity contribution >= 4 is 17.0 Å². The van der Waals surface area contributed by atoms with Gasteiger partial charge in [-0.25, -0.2) is 9.48 Å². The Labute approximate surface area is 216 Å². The molecule has 2 saturated heterocycles. The minimum absolute atomic E-state index is 0.0783. The van der Waals surface area contributed by atoms with Crippen molar-refractivity contribution in [1.29, 1.82) is 0 Å². The topological polar surface area (TPSA) is 87.1 Å². The van der Waals surface area contributed by atoms with Crippen LogP contribution in [0.2, 0.25) is 0 Å². The van der Waals surface area contributed by atoms with Gasteiger partial charge in [-0.3, -0.25) is 4.90 Å². The number of morpholine rings is 1. The number of nitrogens with one attached hydrogen (secondary N) is 1. The van der Waals surface area contributed by atoms with Gasteiger partial charge in [-0.2, -0.15) is 5.10 Å². The standard InChI is InChI=1S/C28H34N4O5/c33-28-29-7-3-11-35-23-5-6-25-24(17-23)27(30-32(25)26-4-1-2-10-36-26)22-15-20(14-21(16-22)19-37-28)18-31-8-12-34-13-9-31/h5-6,14-17,26H,1-4,7-13,18-19H2,(H,29,33). The van der Waals surface area contributed by atoms with Crippen molar-refractivity contribution in [1.82, 2.24) is 20.0 Å². The van der Waals surface area contributed by atoms with E-state index in [9.17, 15) is 4.79 Å². The van der Waals surface area contributed by atoms with Gasteiger partial charge in [0.15, 0.2) is 6.23 Å². The number of carbonyl (C=O) groups excluding carboxylic acids is 1. The molecular weight excluding hydrogens is 472 g/mol. The summed E-state index contributed by atoms with van der Waals surface area (Å²) in [5.74, 6) is 0.792. The Morgan fingerprint density at radius 3 is 2.76 bits per heavy atom. The predicted molar refractivity (Wildman–Crippen MR) is 138 cm³/mol. The van der Waals surface area contributed by atoms with Crippen LogP contribution >= 0.6 is 0 Å². The molecule has 0 spiro atoms. The first-order valence-corrected chi connectivity index (χ1v) is 13.3. The van der Waals surface area contributed by atoms with Crippen LogP contribution in [-0.2, 0) is 27.4 Å². The molecule has 1 amide bonds. The molecule has 37 heavy (non-hydrogen) atoms. The predicted octanol–water partition coefficient (Wildman–Crippen LogP) is 4.24. The summed E-state index contributed by atoms with van der Waals surface area (Å²) in [7, 11) is 0. The Balaban J connectivity index is 1.45. The highest BCUT2D eigenvalue weighted by Crippen LogP contribution is 2.36. The molecule has 2 aromatic carbocycles. The smallest absolute Gasteiger partial charge is 0.407 e. The van der Waals surface area contributed by atoms with Gasteiger partial charge < -0.3 is 24.3 Å². The second kappa shape index (κ2) is 11.1. The van der Waals surface area contributed by atoms with Crippen LogP contribution in [0.3, 0.4) is 0 Å². The van der Waals surface area contributed by atoms with Gasteiger partial charge in [0.1, 0.15) is 18.1 Å². The molecule has 1 N–H and O–H groups in total. The SMILES string of the molecule is O=C1NCCCOc2ccc3c(c2)c(nn3C2CCCCO2)-c2cc(cc(CN3CCOCC3)c2)CO1. The van der Waals surface area contributed by atoms with Gasteiger partial charge in [-0.05, 0) is 67.1 Å². The molecule has 1 aromatic heterocycles. The maximum Gasteiger partial charge on any atom is 0.407 e. The van der Waals surface area contributed by atoms with Crippen LogP contribution < -0.4 is 10.1 Å². The zero-order chi connectivity index (χ0) is 25.0. The number of hydrogen-bond donors (Lipinski definition) is 1. The zero-order valence-corrected chi connectivity index (χ0v) is 21.1. The van der Waals surface area contributed by atoms with Gasteiger partial charge in [0, 0.05) is 43.7 Å². The van der Waals surface area contributed by atoms with Crippen LogP contribution in [0.15, 0.2) is 36.4 Å². The summed E-state index contributed by atoms with van der Waals surface area (Å²) in [5.41, 5.74) is 5.02. The quantitative estimate of drug-likeness (QED) is 0.569. The first-order valence-electron chi connectivity index (χ1n) is 13.3. The van der Waals surface area contributed by atoms with Gasteiger partial charge in [0.05, 0.1) is 25.3 Å². The van der Waals surface area contributed by atoms with Gasteiger partial charge in [0.2, 0.25) is 0 Å². The Morgan fingerprint density at radius 2 is 1.89 bits per heavy atom. The molecule has 3 aliphatic rings. The third-order valence-corrected chi connectivity index (χ3v) is 7.17. The van der Waals surface area contributed by atoms with E-state index in [0.717, 1.165) is 97.8 Å². The number of benzene rings is 2. The molecule has 9 heteroatoms. The first-order chi connectivity index (χ1) is 18.2. The normalized spacial score (nSPS) is 21.5. The molecule has 4 bridgehead atoms. The van der Waals surface area contributed by atoms with Crippen LogP contribution in [0, 0.1) is 0 Å². The Bertz CT molecular complexity index is 1250. The van der Waals surface area contributed by atoms with E-state index < -0.39 is 6.09 Å². The highest BCUT2D eigenvalue weighted by atomic mass is 16.5. The fourth-order valence-corrected chi connectivity index (χ4v) is 5.30. The van der Waals surface area contributed by atoms with Crippen molar-refractivity contribution in [3.63, 3.8) is 0 Å². The first kappa shape index (κ1) is 24.2. The van der Waals surface area contributed by atoms with E-state index >= 15 is 0 Å². The molecule has 0 aliphatic carbocycles. The minimum Gasteiger partial charge on any atom is -0.494 e. The number of carbonyl (C=O) groups is 1. The third kappa shape index (κ3) is 5.58. The van der Waals surface area contributed by atoms with Crippen LogP contribution in [0.4, 0.5) is 4.79 Å². The number of fused-ring (bicyclic) bond motifs is 4. The number of amides is 1. The van der Waals surface area contributed by atoms with Gasteiger partial charge >= 0.3 is 6.09 Å². The highest BCUT2D eigenvalue weighted by molar-refractivity contribution is 5.94. The summed E-state index contributed by atoms with van der Waals surface area (Å²) in [6.07, 6.45) is 3.34. The molecule has 3 aliphatic heterocycles. The fraction of sp³-hybridized carbons (Fsp3) is 0.500. The number of alkyl carbamates (subject to hydrolysis) is 1. The molecule has 9 nitrogen and oxygen atoms in total. The second-order valence-electron chi connectivity index (χ2n) is 9.92. The van der Waals surface area contributed by atoms with Gasteiger partial charge in [-0.15, -0.1) is 0 Å². The molecule has 0 radical (unpaired) electrons. The lowest BCUT2D eigenvalue weighted by atomic mass is 10.0. The molecule has 3 aromatic rings. The van der Waals surface area contributed by atoms with E-state index in [1.807, 2.05) is 10.7 Å². The summed E-state index contributed by atoms with van der Waals surface area (Å²) in [4.78, 5) is 14.7. The number of aromatic nitrogens is 2. The molecule has 4 heterocycles. The van der Waals surface area contributed by atoms with E-state index in [2.05, 4.69) is 40.5 Å². The Hall–Kier alpha value is -3.14.